The molecule has 0 radical (unpaired) electrons. The van der Waals surface area contributed by atoms with Gasteiger partial charge in [-0.25, -0.2) is 13.9 Å². The standard InChI is InChI=1S/C11H19FN4O.C8H11NO5/c1-2-3-7-13-11(17)5-4-10-9-16(8-6-12)15-14-10;10-4-1-2-7(6-12)14-8(13)9-3-5-11/h9H,2-8H2,1H3,(H,13,17);4-7H,1-3H2,(H,9,13)/t;7-/m.0/s1. The van der Waals surface area contributed by atoms with E-state index in [0.29, 0.717) is 31.7 Å². The molecule has 1 atom stereocenters. The van der Waals surface area contributed by atoms with Crippen molar-refractivity contribution in [2.24, 2.45) is 0 Å². The summed E-state index contributed by atoms with van der Waals surface area (Å²) >= 11 is 0. The molecule has 0 aromatic carbocycles. The van der Waals surface area contributed by atoms with Gasteiger partial charge in [0.05, 0.1) is 18.8 Å². The fourth-order valence-corrected chi connectivity index (χ4v) is 2.07. The zero-order valence-electron chi connectivity index (χ0n) is 17.6. The maximum absolute atomic E-state index is 12.0. The lowest BCUT2D eigenvalue weighted by atomic mass is 10.2. The predicted octanol–water partition coefficient (Wildman–Crippen LogP) is 0.555. The van der Waals surface area contributed by atoms with Gasteiger partial charge in [0.1, 0.15) is 19.2 Å². The third-order valence-corrected chi connectivity index (χ3v) is 3.67. The molecule has 1 rings (SSSR count). The molecule has 0 saturated heterocycles. The molecule has 2 N–H and O–H groups in total. The van der Waals surface area contributed by atoms with Crippen molar-refractivity contribution in [3.63, 3.8) is 0 Å². The summed E-state index contributed by atoms with van der Waals surface area (Å²) in [6, 6.07) is 0. The number of carbonyl (C=O) groups excluding carboxylic acids is 5. The second-order valence-corrected chi connectivity index (χ2v) is 6.24. The van der Waals surface area contributed by atoms with Crippen LogP contribution in [0.15, 0.2) is 6.20 Å². The van der Waals surface area contributed by atoms with Crippen molar-refractivity contribution >= 4 is 30.9 Å². The monoisotopic (exact) mass is 443 g/mol. The van der Waals surface area contributed by atoms with Crippen molar-refractivity contribution in [1.29, 1.82) is 0 Å². The van der Waals surface area contributed by atoms with Crippen molar-refractivity contribution in [2.45, 2.75) is 58.1 Å². The van der Waals surface area contributed by atoms with Crippen molar-refractivity contribution in [2.75, 3.05) is 19.8 Å². The van der Waals surface area contributed by atoms with E-state index in [2.05, 4.69) is 32.6 Å². The smallest absolute Gasteiger partial charge is 0.408 e. The summed E-state index contributed by atoms with van der Waals surface area (Å²) in [6.45, 7) is 2.40. The van der Waals surface area contributed by atoms with Crippen LogP contribution in [0.3, 0.4) is 0 Å². The van der Waals surface area contributed by atoms with Crippen LogP contribution in [-0.2, 0) is 36.9 Å². The number of alkyl halides is 1. The molecule has 1 heterocycles. The molecule has 0 unspecified atom stereocenters. The summed E-state index contributed by atoms with van der Waals surface area (Å²) in [5.41, 5.74) is 0.726. The van der Waals surface area contributed by atoms with Gasteiger partial charge in [0.2, 0.25) is 5.91 Å². The summed E-state index contributed by atoms with van der Waals surface area (Å²) in [6.07, 6.45) is 4.76. The Morgan fingerprint density at radius 3 is 2.65 bits per heavy atom. The van der Waals surface area contributed by atoms with E-state index in [9.17, 15) is 28.4 Å². The number of alkyl carbamates (subject to hydrolysis) is 1. The summed E-state index contributed by atoms with van der Waals surface area (Å²) in [7, 11) is 0. The third kappa shape index (κ3) is 15.3. The number of amides is 2. The van der Waals surface area contributed by atoms with Crippen molar-refractivity contribution < 1.29 is 33.1 Å². The molecule has 0 fully saturated rings. The predicted molar refractivity (Wildman–Crippen MR) is 108 cm³/mol. The quantitative estimate of drug-likeness (QED) is 0.295. The SMILES string of the molecule is CCCCNC(=O)CCc1cn(CCF)nn1.O=CCC[C@@H](C=O)OC(=O)NCC=O. The molecule has 2 amide bonds. The zero-order chi connectivity index (χ0) is 23.3. The van der Waals surface area contributed by atoms with Gasteiger partial charge in [0.25, 0.3) is 0 Å². The second-order valence-electron chi connectivity index (χ2n) is 6.24. The van der Waals surface area contributed by atoms with E-state index in [4.69, 9.17) is 0 Å². The molecule has 1 aromatic rings. The molecule has 1 aromatic heterocycles. The van der Waals surface area contributed by atoms with Crippen LogP contribution < -0.4 is 10.6 Å². The Bertz CT molecular complexity index is 670. The summed E-state index contributed by atoms with van der Waals surface area (Å²) in [5, 5.41) is 12.6. The third-order valence-electron chi connectivity index (χ3n) is 3.67. The Balaban J connectivity index is 0.000000594. The number of hydrogen-bond donors (Lipinski definition) is 2. The minimum atomic E-state index is -0.938. The summed E-state index contributed by atoms with van der Waals surface area (Å²) in [5.74, 6) is 0.0264. The normalized spacial score (nSPS) is 10.8. The van der Waals surface area contributed by atoms with Crippen LogP contribution >= 0.6 is 0 Å². The van der Waals surface area contributed by atoms with E-state index < -0.39 is 18.9 Å². The molecule has 0 aliphatic rings. The van der Waals surface area contributed by atoms with E-state index in [1.54, 1.807) is 6.20 Å². The van der Waals surface area contributed by atoms with Crippen LogP contribution in [0.5, 0.6) is 0 Å². The van der Waals surface area contributed by atoms with Gasteiger partial charge in [-0.2, -0.15) is 0 Å². The first-order chi connectivity index (χ1) is 15.0. The topological polar surface area (TPSA) is 149 Å². The first kappa shape index (κ1) is 27.8. The van der Waals surface area contributed by atoms with E-state index >= 15 is 0 Å². The van der Waals surface area contributed by atoms with E-state index in [1.165, 1.54) is 4.68 Å². The second kappa shape index (κ2) is 18.8. The minimum absolute atomic E-state index is 0.0264. The molecule has 0 spiro atoms. The van der Waals surface area contributed by atoms with Crippen LogP contribution in [0, 0.1) is 0 Å². The molecule has 0 aliphatic heterocycles. The van der Waals surface area contributed by atoms with Crippen LogP contribution in [0.1, 0.15) is 44.7 Å². The number of carbonyl (C=O) groups is 5. The van der Waals surface area contributed by atoms with E-state index in [1.807, 2.05) is 0 Å². The number of rotatable bonds is 15. The van der Waals surface area contributed by atoms with Gasteiger partial charge in [0, 0.05) is 32.0 Å². The molecular weight excluding hydrogens is 413 g/mol. The first-order valence-electron chi connectivity index (χ1n) is 9.99. The number of aryl methyl sites for hydroxylation is 2. The van der Waals surface area contributed by atoms with Gasteiger partial charge in [-0.3, -0.25) is 9.59 Å². The van der Waals surface area contributed by atoms with Gasteiger partial charge in [-0.05, 0) is 12.8 Å². The molecule has 11 nitrogen and oxygen atoms in total. The molecule has 31 heavy (non-hydrogen) atoms. The highest BCUT2D eigenvalue weighted by Crippen LogP contribution is 1.99. The fourth-order valence-electron chi connectivity index (χ4n) is 2.07. The first-order valence-corrected chi connectivity index (χ1v) is 9.99. The molecule has 0 saturated carbocycles. The number of unbranched alkanes of at least 4 members (excludes halogenated alkanes) is 1. The van der Waals surface area contributed by atoms with E-state index in [-0.39, 0.29) is 31.8 Å². The maximum atomic E-state index is 12.0. The Kier molecular flexibility index (Phi) is 16.9. The molecular formula is C19H30FN5O6. The van der Waals surface area contributed by atoms with Crippen LogP contribution in [-0.4, -0.2) is 71.7 Å². The van der Waals surface area contributed by atoms with Gasteiger partial charge < -0.3 is 25.0 Å². The highest BCUT2D eigenvalue weighted by Gasteiger charge is 2.12. The Morgan fingerprint density at radius 1 is 1.26 bits per heavy atom. The lowest BCUT2D eigenvalue weighted by molar-refractivity contribution is -0.121. The average Bonchev–Trinajstić information content (AvgIpc) is 3.22. The average molecular weight is 443 g/mol. The largest absolute Gasteiger partial charge is 0.439 e. The van der Waals surface area contributed by atoms with Crippen molar-refractivity contribution in [1.82, 2.24) is 25.6 Å². The number of hydrogen-bond acceptors (Lipinski definition) is 8. The molecule has 0 bridgehead atoms. The van der Waals surface area contributed by atoms with E-state index in [0.717, 1.165) is 25.1 Å². The molecule has 12 heteroatoms. The Hall–Kier alpha value is -3.18. The lowest BCUT2D eigenvalue weighted by Gasteiger charge is -2.09. The Labute approximate surface area is 180 Å². The molecule has 0 aliphatic carbocycles. The van der Waals surface area contributed by atoms with Gasteiger partial charge in [-0.1, -0.05) is 18.6 Å². The number of nitrogens with zero attached hydrogens (tertiary/aromatic N) is 3. The fraction of sp³-hybridized carbons (Fsp3) is 0.632. The summed E-state index contributed by atoms with van der Waals surface area (Å²) in [4.78, 5) is 52.3. The highest BCUT2D eigenvalue weighted by atomic mass is 19.1. The number of ether oxygens (including phenoxy) is 1. The van der Waals surface area contributed by atoms with Crippen LogP contribution in [0.2, 0.25) is 0 Å². The van der Waals surface area contributed by atoms with Gasteiger partial charge >= 0.3 is 6.09 Å². The number of aldehydes is 3. The van der Waals surface area contributed by atoms with Crippen molar-refractivity contribution in [3.05, 3.63) is 11.9 Å². The maximum Gasteiger partial charge on any atom is 0.408 e. The van der Waals surface area contributed by atoms with Gasteiger partial charge in [-0.15, -0.1) is 5.10 Å². The number of nitrogens with one attached hydrogen (secondary N) is 2. The van der Waals surface area contributed by atoms with Gasteiger partial charge in [0.15, 0.2) is 12.4 Å². The molecule has 174 valence electrons. The van der Waals surface area contributed by atoms with Crippen LogP contribution in [0.25, 0.3) is 0 Å². The zero-order valence-corrected chi connectivity index (χ0v) is 17.6. The lowest BCUT2D eigenvalue weighted by Crippen LogP contribution is -2.30. The minimum Gasteiger partial charge on any atom is -0.439 e. The van der Waals surface area contributed by atoms with Crippen LogP contribution in [0.4, 0.5) is 9.18 Å². The Morgan fingerprint density at radius 2 is 2.03 bits per heavy atom. The number of halogens is 1. The van der Waals surface area contributed by atoms with Crippen molar-refractivity contribution in [3.8, 4) is 0 Å². The summed E-state index contributed by atoms with van der Waals surface area (Å²) < 4.78 is 18.0. The highest BCUT2D eigenvalue weighted by molar-refractivity contribution is 5.76. The number of aromatic nitrogens is 3.